The Bertz CT molecular complexity index is 742. The number of amides is 1. The Morgan fingerprint density at radius 2 is 1.75 bits per heavy atom. The van der Waals surface area contributed by atoms with Crippen molar-refractivity contribution in [2.75, 3.05) is 11.9 Å². The maximum Gasteiger partial charge on any atom is 0.338 e. The first-order valence-electron chi connectivity index (χ1n) is 7.39. The third-order valence-corrected chi connectivity index (χ3v) is 3.35. The summed E-state index contributed by atoms with van der Waals surface area (Å²) in [5.41, 5.74) is 1.22. The molecule has 4 nitrogen and oxygen atoms in total. The molecule has 6 heteroatoms. The molecule has 24 heavy (non-hydrogen) atoms. The van der Waals surface area contributed by atoms with Crippen LogP contribution in [0.1, 0.15) is 35.7 Å². The molecule has 2 aromatic carbocycles. The van der Waals surface area contributed by atoms with E-state index in [0.29, 0.717) is 17.5 Å². The van der Waals surface area contributed by atoms with Crippen molar-refractivity contribution in [1.29, 1.82) is 0 Å². The average Bonchev–Trinajstić information content (AvgIpc) is 2.55. The van der Waals surface area contributed by atoms with Crippen molar-refractivity contribution >= 4 is 17.6 Å². The van der Waals surface area contributed by atoms with Crippen LogP contribution in [0.5, 0.6) is 0 Å². The molecule has 0 fully saturated rings. The highest BCUT2D eigenvalue weighted by molar-refractivity contribution is 5.95. The standard InChI is InChI=1S/C18H17F2NO3/c1-11(2)12-3-5-13(6-4-12)18(23)24-10-17(22)21-16-8-7-14(19)9-15(16)20/h3-9,11H,10H2,1-2H3,(H,21,22). The van der Waals surface area contributed by atoms with E-state index in [-0.39, 0.29) is 5.69 Å². The largest absolute Gasteiger partial charge is 0.452 e. The van der Waals surface area contributed by atoms with E-state index in [0.717, 1.165) is 17.7 Å². The summed E-state index contributed by atoms with van der Waals surface area (Å²) in [6, 6.07) is 9.63. The second-order valence-corrected chi connectivity index (χ2v) is 5.53. The van der Waals surface area contributed by atoms with E-state index in [2.05, 4.69) is 5.32 Å². The summed E-state index contributed by atoms with van der Waals surface area (Å²) in [6.07, 6.45) is 0. The van der Waals surface area contributed by atoms with Crippen LogP contribution in [0.3, 0.4) is 0 Å². The van der Waals surface area contributed by atoms with Gasteiger partial charge in [-0.2, -0.15) is 0 Å². The molecular weight excluding hydrogens is 316 g/mol. The molecule has 0 saturated heterocycles. The molecule has 0 aromatic heterocycles. The second kappa shape index (κ2) is 7.68. The highest BCUT2D eigenvalue weighted by atomic mass is 19.1. The van der Waals surface area contributed by atoms with Gasteiger partial charge >= 0.3 is 5.97 Å². The molecule has 126 valence electrons. The van der Waals surface area contributed by atoms with Gasteiger partial charge in [-0.3, -0.25) is 4.79 Å². The predicted octanol–water partition coefficient (Wildman–Crippen LogP) is 3.88. The Labute approximate surface area is 138 Å². The molecule has 0 aliphatic rings. The van der Waals surface area contributed by atoms with E-state index in [4.69, 9.17) is 4.74 Å². The zero-order valence-corrected chi connectivity index (χ0v) is 13.3. The summed E-state index contributed by atoms with van der Waals surface area (Å²) in [7, 11) is 0. The number of hydrogen-bond donors (Lipinski definition) is 1. The molecular formula is C18H17F2NO3. The van der Waals surface area contributed by atoms with Crippen LogP contribution in [0.2, 0.25) is 0 Å². The zero-order valence-electron chi connectivity index (χ0n) is 13.3. The van der Waals surface area contributed by atoms with Gasteiger partial charge in [0.25, 0.3) is 5.91 Å². The fraction of sp³-hybridized carbons (Fsp3) is 0.222. The molecule has 0 aliphatic heterocycles. The summed E-state index contributed by atoms with van der Waals surface area (Å²) < 4.78 is 31.1. The highest BCUT2D eigenvalue weighted by Crippen LogP contribution is 2.16. The Hall–Kier alpha value is -2.76. The van der Waals surface area contributed by atoms with E-state index < -0.39 is 30.1 Å². The lowest BCUT2D eigenvalue weighted by atomic mass is 10.0. The lowest BCUT2D eigenvalue weighted by Crippen LogP contribution is -2.21. The Morgan fingerprint density at radius 3 is 2.33 bits per heavy atom. The van der Waals surface area contributed by atoms with E-state index >= 15 is 0 Å². The molecule has 0 aliphatic carbocycles. The van der Waals surface area contributed by atoms with Crippen molar-refractivity contribution < 1.29 is 23.1 Å². The Kier molecular flexibility index (Phi) is 5.63. The third-order valence-electron chi connectivity index (χ3n) is 3.35. The van der Waals surface area contributed by atoms with Gasteiger partial charge in [0.05, 0.1) is 11.3 Å². The summed E-state index contributed by atoms with van der Waals surface area (Å²) in [5.74, 6) is -2.68. The molecule has 0 unspecified atom stereocenters. The fourth-order valence-corrected chi connectivity index (χ4v) is 2.00. The molecule has 1 amide bonds. The maximum absolute atomic E-state index is 13.4. The first-order chi connectivity index (χ1) is 11.4. The van der Waals surface area contributed by atoms with Crippen molar-refractivity contribution in [1.82, 2.24) is 0 Å². The van der Waals surface area contributed by atoms with Gasteiger partial charge in [0.1, 0.15) is 11.6 Å². The van der Waals surface area contributed by atoms with Crippen LogP contribution >= 0.6 is 0 Å². The third kappa shape index (κ3) is 4.62. The lowest BCUT2D eigenvalue weighted by molar-refractivity contribution is -0.119. The topological polar surface area (TPSA) is 55.4 Å². The molecule has 2 aromatic rings. The first-order valence-corrected chi connectivity index (χ1v) is 7.39. The molecule has 0 spiro atoms. The number of hydrogen-bond acceptors (Lipinski definition) is 3. The van der Waals surface area contributed by atoms with E-state index in [9.17, 15) is 18.4 Å². The number of rotatable bonds is 5. The monoisotopic (exact) mass is 333 g/mol. The van der Waals surface area contributed by atoms with Gasteiger partial charge in [0.2, 0.25) is 0 Å². The van der Waals surface area contributed by atoms with E-state index in [1.165, 1.54) is 0 Å². The van der Waals surface area contributed by atoms with Crippen molar-refractivity contribution in [3.63, 3.8) is 0 Å². The van der Waals surface area contributed by atoms with Crippen LogP contribution in [0.25, 0.3) is 0 Å². The average molecular weight is 333 g/mol. The number of anilines is 1. The molecule has 0 saturated carbocycles. The van der Waals surface area contributed by atoms with Crippen LogP contribution in [-0.4, -0.2) is 18.5 Å². The van der Waals surface area contributed by atoms with E-state index in [1.807, 2.05) is 26.0 Å². The fourth-order valence-electron chi connectivity index (χ4n) is 2.00. The Morgan fingerprint density at radius 1 is 1.08 bits per heavy atom. The van der Waals surface area contributed by atoms with Crippen molar-refractivity contribution in [3.8, 4) is 0 Å². The maximum atomic E-state index is 13.4. The van der Waals surface area contributed by atoms with Gasteiger partial charge in [0.15, 0.2) is 6.61 Å². The minimum Gasteiger partial charge on any atom is -0.452 e. The minimum atomic E-state index is -0.904. The number of nitrogens with one attached hydrogen (secondary N) is 1. The molecule has 0 atom stereocenters. The van der Waals surface area contributed by atoms with Crippen molar-refractivity contribution in [2.24, 2.45) is 0 Å². The smallest absolute Gasteiger partial charge is 0.338 e. The second-order valence-electron chi connectivity index (χ2n) is 5.53. The van der Waals surface area contributed by atoms with Gasteiger partial charge in [0, 0.05) is 6.07 Å². The SMILES string of the molecule is CC(C)c1ccc(C(=O)OCC(=O)Nc2ccc(F)cc2F)cc1. The first kappa shape index (κ1) is 17.6. The summed E-state index contributed by atoms with van der Waals surface area (Å²) in [4.78, 5) is 23.5. The van der Waals surface area contributed by atoms with Crippen LogP contribution in [0, 0.1) is 11.6 Å². The number of carbonyl (C=O) groups excluding carboxylic acids is 2. The number of ether oxygens (including phenoxy) is 1. The molecule has 0 heterocycles. The normalized spacial score (nSPS) is 10.5. The molecule has 0 bridgehead atoms. The van der Waals surface area contributed by atoms with Crippen LogP contribution in [-0.2, 0) is 9.53 Å². The molecule has 1 N–H and O–H groups in total. The lowest BCUT2D eigenvalue weighted by Gasteiger charge is -2.09. The molecule has 0 radical (unpaired) electrons. The minimum absolute atomic E-state index is 0.182. The Balaban J connectivity index is 1.90. The van der Waals surface area contributed by atoms with Crippen LogP contribution < -0.4 is 5.32 Å². The van der Waals surface area contributed by atoms with Crippen LogP contribution in [0.4, 0.5) is 14.5 Å². The van der Waals surface area contributed by atoms with Gasteiger partial charge < -0.3 is 10.1 Å². The molecule has 2 rings (SSSR count). The quantitative estimate of drug-likeness (QED) is 0.845. The van der Waals surface area contributed by atoms with Gasteiger partial charge in [-0.15, -0.1) is 0 Å². The summed E-state index contributed by atoms with van der Waals surface area (Å²) in [5, 5.41) is 2.21. The zero-order chi connectivity index (χ0) is 17.7. The number of halogens is 2. The van der Waals surface area contributed by atoms with Crippen molar-refractivity contribution in [3.05, 3.63) is 65.2 Å². The summed E-state index contributed by atoms with van der Waals surface area (Å²) in [6.45, 7) is 3.50. The number of esters is 1. The van der Waals surface area contributed by atoms with Gasteiger partial charge in [-0.25, -0.2) is 13.6 Å². The predicted molar refractivity (Wildman–Crippen MR) is 85.8 cm³/mol. The van der Waals surface area contributed by atoms with Gasteiger partial charge in [-0.1, -0.05) is 26.0 Å². The highest BCUT2D eigenvalue weighted by Gasteiger charge is 2.12. The van der Waals surface area contributed by atoms with Crippen LogP contribution in [0.15, 0.2) is 42.5 Å². The number of benzene rings is 2. The van der Waals surface area contributed by atoms with E-state index in [1.54, 1.807) is 12.1 Å². The number of carbonyl (C=O) groups is 2. The van der Waals surface area contributed by atoms with Crippen molar-refractivity contribution in [2.45, 2.75) is 19.8 Å². The van der Waals surface area contributed by atoms with Gasteiger partial charge in [-0.05, 0) is 35.7 Å². The summed E-state index contributed by atoms with van der Waals surface area (Å²) >= 11 is 0.